The molecule has 4 rings (SSSR count). The van der Waals surface area contributed by atoms with Crippen LogP contribution in [0.25, 0.3) is 11.4 Å². The highest BCUT2D eigenvalue weighted by Gasteiger charge is 2.30. The Morgan fingerprint density at radius 2 is 1.72 bits per heavy atom. The number of carbonyl (C=O) groups excluding carboxylic acids is 3. The third kappa shape index (κ3) is 8.90. The van der Waals surface area contributed by atoms with Gasteiger partial charge in [-0.25, -0.2) is 9.67 Å². The van der Waals surface area contributed by atoms with Gasteiger partial charge in [-0.1, -0.05) is 74.5 Å². The molecule has 11 heteroatoms. The van der Waals surface area contributed by atoms with Crippen LogP contribution >= 0.6 is 11.8 Å². The lowest BCUT2D eigenvalue weighted by Crippen LogP contribution is -2.50. The first-order valence-corrected chi connectivity index (χ1v) is 16.3. The predicted molar refractivity (Wildman–Crippen MR) is 170 cm³/mol. The zero-order chi connectivity index (χ0) is 30.8. The molecule has 2 heterocycles. The lowest BCUT2D eigenvalue weighted by Gasteiger charge is -2.29. The standard InChI is InChI=1S/C32H43N7O3S/c1-22(2)28-30-36-29(24-13-8-5-9-14-24)37-39(30)19-18-38(32(42)25(33)21-23-11-6-4-7-12-23)17-10-15-27(40)34-26(16-20-43-3)31(41)35-28/h4-9,11-14,22,25-26,28H,10,15-21,33H2,1-3H3,(H,34,40)(H,35,41)/t25-,26-,28?/m0/s1. The first-order valence-electron chi connectivity index (χ1n) is 14.9. The fourth-order valence-corrected chi connectivity index (χ4v) is 5.65. The minimum Gasteiger partial charge on any atom is -0.344 e. The van der Waals surface area contributed by atoms with E-state index in [2.05, 4.69) is 10.6 Å². The molecule has 2 aromatic carbocycles. The fraction of sp³-hybridized carbons (Fsp3) is 0.469. The van der Waals surface area contributed by atoms with Gasteiger partial charge in [-0.2, -0.15) is 16.9 Å². The van der Waals surface area contributed by atoms with Gasteiger partial charge in [0, 0.05) is 25.1 Å². The van der Waals surface area contributed by atoms with Crippen molar-refractivity contribution in [3.63, 3.8) is 0 Å². The van der Waals surface area contributed by atoms with Gasteiger partial charge in [-0.05, 0) is 42.8 Å². The predicted octanol–water partition coefficient (Wildman–Crippen LogP) is 3.19. The highest BCUT2D eigenvalue weighted by atomic mass is 32.2. The maximum atomic E-state index is 13.6. The van der Waals surface area contributed by atoms with E-state index in [1.165, 1.54) is 0 Å². The van der Waals surface area contributed by atoms with E-state index in [0.29, 0.717) is 50.5 Å². The van der Waals surface area contributed by atoms with Crippen LogP contribution in [0.4, 0.5) is 0 Å². The van der Waals surface area contributed by atoms with Crippen LogP contribution in [0.3, 0.4) is 0 Å². The molecule has 10 nitrogen and oxygen atoms in total. The number of thioether (sulfide) groups is 1. The highest BCUT2D eigenvalue weighted by Crippen LogP contribution is 2.25. The number of nitrogens with one attached hydrogen (secondary N) is 2. The van der Waals surface area contributed by atoms with Crippen LogP contribution in [0.1, 0.15) is 50.5 Å². The maximum Gasteiger partial charge on any atom is 0.243 e. The van der Waals surface area contributed by atoms with Crippen LogP contribution in [0, 0.1) is 5.92 Å². The molecule has 3 amide bonds. The van der Waals surface area contributed by atoms with Gasteiger partial charge in [-0.3, -0.25) is 14.4 Å². The zero-order valence-corrected chi connectivity index (χ0v) is 26.1. The summed E-state index contributed by atoms with van der Waals surface area (Å²) in [5.41, 5.74) is 8.28. The highest BCUT2D eigenvalue weighted by molar-refractivity contribution is 7.98. The monoisotopic (exact) mass is 605 g/mol. The van der Waals surface area contributed by atoms with Crippen molar-refractivity contribution in [1.29, 1.82) is 0 Å². The van der Waals surface area contributed by atoms with Crippen molar-refractivity contribution in [3.05, 3.63) is 72.1 Å². The molecule has 4 N–H and O–H groups in total. The van der Waals surface area contributed by atoms with Crippen molar-refractivity contribution >= 4 is 29.5 Å². The second-order valence-corrected chi connectivity index (χ2v) is 12.2. The molecule has 0 saturated heterocycles. The van der Waals surface area contributed by atoms with Crippen molar-refractivity contribution in [2.24, 2.45) is 11.7 Å². The topological polar surface area (TPSA) is 135 Å². The van der Waals surface area contributed by atoms with Crippen LogP contribution in [0.5, 0.6) is 0 Å². The van der Waals surface area contributed by atoms with Crippen molar-refractivity contribution in [2.75, 3.05) is 25.1 Å². The van der Waals surface area contributed by atoms with Crippen LogP contribution in [-0.2, 0) is 27.3 Å². The second-order valence-electron chi connectivity index (χ2n) is 11.2. The number of benzene rings is 2. The Bertz CT molecular complexity index is 1350. The Labute approximate surface area is 258 Å². The van der Waals surface area contributed by atoms with Crippen LogP contribution in [0.2, 0.25) is 0 Å². The third-order valence-corrected chi connectivity index (χ3v) is 8.22. The van der Waals surface area contributed by atoms with E-state index in [1.54, 1.807) is 21.3 Å². The summed E-state index contributed by atoms with van der Waals surface area (Å²) >= 11 is 1.62. The number of nitrogens with zero attached hydrogens (tertiary/aromatic N) is 4. The molecule has 0 spiro atoms. The summed E-state index contributed by atoms with van der Waals surface area (Å²) < 4.78 is 1.80. The SMILES string of the molecule is CSCC[C@@H]1NC(=O)CCCN(C(=O)[C@@H](N)Cc2ccccc2)CCn2nc(-c3ccccc3)nc2C(C(C)C)NC1=O. The average molecular weight is 606 g/mol. The van der Waals surface area contributed by atoms with Crippen molar-refractivity contribution < 1.29 is 14.4 Å². The summed E-state index contributed by atoms with van der Waals surface area (Å²) in [5, 5.41) is 10.9. The largest absolute Gasteiger partial charge is 0.344 e. The van der Waals surface area contributed by atoms with Gasteiger partial charge in [0.2, 0.25) is 17.7 Å². The van der Waals surface area contributed by atoms with E-state index in [1.807, 2.05) is 80.8 Å². The van der Waals surface area contributed by atoms with Crippen molar-refractivity contribution in [1.82, 2.24) is 30.3 Å². The Morgan fingerprint density at radius 1 is 1.02 bits per heavy atom. The van der Waals surface area contributed by atoms with E-state index in [9.17, 15) is 14.4 Å². The summed E-state index contributed by atoms with van der Waals surface area (Å²) in [7, 11) is 0. The summed E-state index contributed by atoms with van der Waals surface area (Å²) in [5.74, 6) is 1.24. The molecule has 0 saturated carbocycles. The molecule has 1 unspecified atom stereocenters. The molecular weight excluding hydrogens is 562 g/mol. The quantitative estimate of drug-likeness (QED) is 0.359. The first kappa shape index (κ1) is 32.2. The minimum absolute atomic E-state index is 0.0163. The minimum atomic E-state index is -0.719. The Morgan fingerprint density at radius 3 is 2.40 bits per heavy atom. The van der Waals surface area contributed by atoms with Gasteiger partial charge in [0.15, 0.2) is 11.6 Å². The molecule has 0 aliphatic carbocycles. The maximum absolute atomic E-state index is 13.6. The van der Waals surface area contributed by atoms with E-state index < -0.39 is 18.1 Å². The number of nitrogens with two attached hydrogens (primary N) is 1. The van der Waals surface area contributed by atoms with Crippen LogP contribution in [0.15, 0.2) is 60.7 Å². The van der Waals surface area contributed by atoms with Gasteiger partial charge < -0.3 is 21.3 Å². The molecule has 0 radical (unpaired) electrons. The van der Waals surface area contributed by atoms with E-state index in [0.717, 1.165) is 16.9 Å². The normalized spacial score (nSPS) is 19.2. The molecule has 43 heavy (non-hydrogen) atoms. The molecule has 1 aliphatic rings. The smallest absolute Gasteiger partial charge is 0.243 e. The van der Waals surface area contributed by atoms with Crippen LogP contribution in [-0.4, -0.2) is 74.6 Å². The summed E-state index contributed by atoms with van der Waals surface area (Å²) in [4.78, 5) is 46.8. The van der Waals surface area contributed by atoms with Crippen LogP contribution < -0.4 is 16.4 Å². The van der Waals surface area contributed by atoms with Crippen molar-refractivity contribution in [3.8, 4) is 11.4 Å². The third-order valence-electron chi connectivity index (χ3n) is 7.58. The number of fused-ring (bicyclic) bond motifs is 1. The lowest BCUT2D eigenvalue weighted by molar-refractivity contribution is -0.133. The van der Waals surface area contributed by atoms with E-state index in [-0.39, 0.29) is 30.1 Å². The Balaban J connectivity index is 1.68. The van der Waals surface area contributed by atoms with Gasteiger partial charge in [0.25, 0.3) is 0 Å². The number of amides is 3. The molecule has 3 atom stereocenters. The number of rotatable bonds is 8. The van der Waals surface area contributed by atoms with Crippen molar-refractivity contribution in [2.45, 2.75) is 64.2 Å². The number of hydrogen-bond donors (Lipinski definition) is 3. The number of aromatic nitrogens is 3. The lowest BCUT2D eigenvalue weighted by atomic mass is 10.0. The first-order chi connectivity index (χ1) is 20.8. The Hall–Kier alpha value is -3.70. The van der Waals surface area contributed by atoms with E-state index in [4.69, 9.17) is 15.8 Å². The number of hydrogen-bond acceptors (Lipinski definition) is 7. The summed E-state index contributed by atoms with van der Waals surface area (Å²) in [6, 6.07) is 17.5. The zero-order valence-electron chi connectivity index (χ0n) is 25.2. The summed E-state index contributed by atoms with van der Waals surface area (Å²) in [6.07, 6.45) is 3.54. The second kappa shape index (κ2) is 15.7. The van der Waals surface area contributed by atoms with Gasteiger partial charge >= 0.3 is 0 Å². The molecule has 230 valence electrons. The van der Waals surface area contributed by atoms with Gasteiger partial charge in [-0.15, -0.1) is 0 Å². The molecular formula is C32H43N7O3S. The number of carbonyl (C=O) groups is 3. The molecule has 0 bridgehead atoms. The average Bonchev–Trinajstić information content (AvgIpc) is 3.43. The molecule has 3 aromatic rings. The van der Waals surface area contributed by atoms with Gasteiger partial charge in [0.05, 0.1) is 18.6 Å². The fourth-order valence-electron chi connectivity index (χ4n) is 5.18. The van der Waals surface area contributed by atoms with E-state index >= 15 is 0 Å². The Kier molecular flexibility index (Phi) is 11.7. The van der Waals surface area contributed by atoms with Gasteiger partial charge in [0.1, 0.15) is 6.04 Å². The molecule has 0 fully saturated rings. The molecule has 1 aliphatic heterocycles. The molecule has 1 aromatic heterocycles. The summed E-state index contributed by atoms with van der Waals surface area (Å²) in [6.45, 7) is 5.09.